The molecule has 6 atom stereocenters. The maximum Gasteiger partial charge on any atom is 0.472 e. The van der Waals surface area contributed by atoms with Gasteiger partial charge >= 0.3 is 39.5 Å². The SMILES string of the molecule is CCCCCCCCCCCCCCCCCCCCC(=O)O[C@H](COC(=O)CCCCCCCCCCCCCC)COP(=O)(O)OC[C@@H](O)COP(=O)(O)OC[C@@H](COC(=O)CCCCCCCCC(C)C)OC(=O)CCCCCCCCC(C)CC. The molecule has 528 valence electrons. The fourth-order valence-corrected chi connectivity index (χ4v) is 12.1. The summed E-state index contributed by atoms with van der Waals surface area (Å²) in [6.45, 7) is 9.41. The van der Waals surface area contributed by atoms with Crippen molar-refractivity contribution in [3.05, 3.63) is 0 Å². The summed E-state index contributed by atoms with van der Waals surface area (Å²) in [5.74, 6) is -0.729. The number of phosphoric ester groups is 2. The molecular weight excluding hydrogens is 1170 g/mol. The minimum atomic E-state index is -4.95. The van der Waals surface area contributed by atoms with E-state index < -0.39 is 97.5 Å². The Labute approximate surface area is 543 Å². The van der Waals surface area contributed by atoms with Crippen molar-refractivity contribution in [3.63, 3.8) is 0 Å². The number of esters is 4. The molecule has 0 saturated heterocycles. The van der Waals surface area contributed by atoms with E-state index in [1.165, 1.54) is 167 Å². The first-order valence-electron chi connectivity index (χ1n) is 36.5. The molecule has 0 heterocycles. The monoisotopic (exact) mass is 1310 g/mol. The molecule has 0 aliphatic carbocycles. The minimum absolute atomic E-state index is 0.102. The Morgan fingerprint density at radius 1 is 0.326 bits per heavy atom. The van der Waals surface area contributed by atoms with Crippen molar-refractivity contribution in [2.75, 3.05) is 39.6 Å². The zero-order valence-corrected chi connectivity index (χ0v) is 59.5. The lowest BCUT2D eigenvalue weighted by molar-refractivity contribution is -0.161. The highest BCUT2D eigenvalue weighted by Crippen LogP contribution is 2.45. The number of aliphatic hydroxyl groups excluding tert-OH is 1. The second kappa shape index (κ2) is 62.2. The van der Waals surface area contributed by atoms with E-state index in [0.29, 0.717) is 31.6 Å². The number of hydrogen-bond acceptors (Lipinski definition) is 15. The number of aliphatic hydroxyl groups is 1. The average Bonchev–Trinajstić information content (AvgIpc) is 3.72. The molecular formula is C70H136O17P2. The van der Waals surface area contributed by atoms with Gasteiger partial charge in [-0.05, 0) is 37.5 Å². The van der Waals surface area contributed by atoms with Gasteiger partial charge in [-0.1, -0.05) is 305 Å². The number of unbranched alkanes of at least 4 members (excludes halogenated alkanes) is 38. The Morgan fingerprint density at radius 3 is 0.854 bits per heavy atom. The van der Waals surface area contributed by atoms with E-state index >= 15 is 0 Å². The first-order chi connectivity index (χ1) is 42.9. The van der Waals surface area contributed by atoms with Crippen LogP contribution in [0, 0.1) is 11.8 Å². The summed E-state index contributed by atoms with van der Waals surface area (Å²) in [4.78, 5) is 72.5. The topological polar surface area (TPSA) is 237 Å². The Balaban J connectivity index is 5.21. The van der Waals surface area contributed by atoms with Gasteiger partial charge in [0.15, 0.2) is 12.2 Å². The second-order valence-electron chi connectivity index (χ2n) is 26.0. The van der Waals surface area contributed by atoms with Crippen molar-refractivity contribution in [2.45, 2.75) is 374 Å². The van der Waals surface area contributed by atoms with Gasteiger partial charge in [0.25, 0.3) is 0 Å². The molecule has 0 spiro atoms. The molecule has 0 amide bonds. The van der Waals surface area contributed by atoms with Gasteiger partial charge < -0.3 is 33.8 Å². The molecule has 0 rings (SSSR count). The van der Waals surface area contributed by atoms with E-state index in [1.54, 1.807) is 0 Å². The largest absolute Gasteiger partial charge is 0.472 e. The van der Waals surface area contributed by atoms with Crippen LogP contribution in [0.2, 0.25) is 0 Å². The van der Waals surface area contributed by atoms with E-state index in [-0.39, 0.29) is 25.7 Å². The smallest absolute Gasteiger partial charge is 0.462 e. The Hall–Kier alpha value is -1.94. The first-order valence-corrected chi connectivity index (χ1v) is 39.5. The van der Waals surface area contributed by atoms with Crippen LogP contribution in [0.3, 0.4) is 0 Å². The number of ether oxygens (including phenoxy) is 4. The number of phosphoric acid groups is 2. The average molecular weight is 1310 g/mol. The van der Waals surface area contributed by atoms with E-state index in [0.717, 1.165) is 102 Å². The second-order valence-corrected chi connectivity index (χ2v) is 28.9. The molecule has 0 aliphatic rings. The normalized spacial score (nSPS) is 14.4. The van der Waals surface area contributed by atoms with Crippen LogP contribution in [0.25, 0.3) is 0 Å². The fourth-order valence-electron chi connectivity index (χ4n) is 10.6. The van der Waals surface area contributed by atoms with E-state index in [9.17, 15) is 43.2 Å². The summed E-state index contributed by atoms with van der Waals surface area (Å²) in [6, 6.07) is 0. The van der Waals surface area contributed by atoms with Crippen LogP contribution in [-0.4, -0.2) is 96.7 Å². The van der Waals surface area contributed by atoms with Crippen LogP contribution in [0.1, 0.15) is 356 Å². The summed E-state index contributed by atoms with van der Waals surface area (Å²) in [5.41, 5.74) is 0. The fraction of sp³-hybridized carbons (Fsp3) is 0.943. The molecule has 0 aliphatic heterocycles. The molecule has 3 unspecified atom stereocenters. The molecule has 19 heteroatoms. The van der Waals surface area contributed by atoms with Crippen molar-refractivity contribution in [3.8, 4) is 0 Å². The van der Waals surface area contributed by atoms with E-state index in [1.807, 2.05) is 0 Å². The number of hydrogen-bond donors (Lipinski definition) is 3. The first kappa shape index (κ1) is 87.1. The molecule has 0 aromatic rings. The molecule has 17 nitrogen and oxygen atoms in total. The van der Waals surface area contributed by atoms with Crippen LogP contribution < -0.4 is 0 Å². The van der Waals surface area contributed by atoms with Crippen molar-refractivity contribution < 1.29 is 80.2 Å². The van der Waals surface area contributed by atoms with Crippen LogP contribution >= 0.6 is 15.6 Å². The molecule has 0 bridgehead atoms. The van der Waals surface area contributed by atoms with Crippen molar-refractivity contribution in [2.24, 2.45) is 11.8 Å². The number of rotatable bonds is 69. The van der Waals surface area contributed by atoms with Gasteiger partial charge in [0, 0.05) is 25.7 Å². The third kappa shape index (κ3) is 63.2. The highest BCUT2D eigenvalue weighted by Gasteiger charge is 2.30. The van der Waals surface area contributed by atoms with Crippen LogP contribution in [-0.2, 0) is 65.4 Å². The maximum absolute atomic E-state index is 13.0. The molecule has 0 fully saturated rings. The Morgan fingerprint density at radius 2 is 0.573 bits per heavy atom. The molecule has 0 aromatic carbocycles. The molecule has 0 aromatic heterocycles. The maximum atomic E-state index is 13.0. The van der Waals surface area contributed by atoms with Gasteiger partial charge in [-0.3, -0.25) is 37.3 Å². The highest BCUT2D eigenvalue weighted by atomic mass is 31.2. The lowest BCUT2D eigenvalue weighted by Crippen LogP contribution is -2.30. The van der Waals surface area contributed by atoms with Crippen LogP contribution in [0.15, 0.2) is 0 Å². The third-order valence-corrected chi connectivity index (χ3v) is 18.5. The molecule has 3 N–H and O–H groups in total. The minimum Gasteiger partial charge on any atom is -0.462 e. The van der Waals surface area contributed by atoms with Crippen molar-refractivity contribution >= 4 is 39.5 Å². The van der Waals surface area contributed by atoms with Crippen molar-refractivity contribution in [1.82, 2.24) is 0 Å². The van der Waals surface area contributed by atoms with Gasteiger partial charge in [-0.25, -0.2) is 9.13 Å². The standard InChI is InChI=1S/C70H136O17P2/c1-7-10-12-14-16-18-20-22-23-24-25-26-27-29-31-33-42-48-54-69(74)86-65(58-80-67(72)52-46-40-32-30-28-21-19-17-15-13-11-8-2)60-84-88(76,77)82-56-64(71)57-83-89(78,79)85-61-66(59-81-68(73)53-47-41-36-34-38-44-50-62(4)5)87-70(75)55-49-43-37-35-39-45-51-63(6)9-3/h62-66,71H,7-61H2,1-6H3,(H,76,77)(H,78,79)/t63?,64-,65-,66-/m1/s1. The zero-order chi connectivity index (χ0) is 65.7. The molecule has 89 heavy (non-hydrogen) atoms. The predicted octanol–water partition coefficient (Wildman–Crippen LogP) is 20.0. The molecule has 0 saturated carbocycles. The Bertz CT molecular complexity index is 1740. The van der Waals surface area contributed by atoms with Gasteiger partial charge in [-0.15, -0.1) is 0 Å². The molecule has 0 radical (unpaired) electrons. The predicted molar refractivity (Wildman–Crippen MR) is 358 cm³/mol. The van der Waals surface area contributed by atoms with Gasteiger partial charge in [-0.2, -0.15) is 0 Å². The van der Waals surface area contributed by atoms with Crippen molar-refractivity contribution in [1.29, 1.82) is 0 Å². The van der Waals surface area contributed by atoms with Crippen LogP contribution in [0.4, 0.5) is 0 Å². The van der Waals surface area contributed by atoms with Crippen LogP contribution in [0.5, 0.6) is 0 Å². The Kier molecular flexibility index (Phi) is 60.8. The van der Waals surface area contributed by atoms with Gasteiger partial charge in [0.05, 0.1) is 26.4 Å². The summed E-state index contributed by atoms with van der Waals surface area (Å²) >= 11 is 0. The van der Waals surface area contributed by atoms with E-state index in [4.69, 9.17) is 37.0 Å². The number of carbonyl (C=O) groups is 4. The lowest BCUT2D eigenvalue weighted by atomic mass is 10.00. The highest BCUT2D eigenvalue weighted by molar-refractivity contribution is 7.47. The summed E-state index contributed by atoms with van der Waals surface area (Å²) in [5, 5.41) is 10.6. The third-order valence-electron chi connectivity index (χ3n) is 16.6. The summed E-state index contributed by atoms with van der Waals surface area (Å²) in [7, 11) is -9.90. The van der Waals surface area contributed by atoms with Gasteiger partial charge in [0.2, 0.25) is 0 Å². The quantitative estimate of drug-likeness (QED) is 0.0222. The van der Waals surface area contributed by atoms with E-state index in [2.05, 4.69) is 41.5 Å². The lowest BCUT2D eigenvalue weighted by Gasteiger charge is -2.21. The zero-order valence-electron chi connectivity index (χ0n) is 57.7. The summed E-state index contributed by atoms with van der Waals surface area (Å²) in [6.07, 6.45) is 47.4. The number of carbonyl (C=O) groups excluding carboxylic acids is 4. The summed E-state index contributed by atoms with van der Waals surface area (Å²) < 4.78 is 68.2. The van der Waals surface area contributed by atoms with Gasteiger partial charge in [0.1, 0.15) is 19.3 Å².